The normalized spacial score (nSPS) is 12.6. The van der Waals surface area contributed by atoms with Crippen molar-refractivity contribution < 1.29 is 49.4 Å². The number of aliphatic hydroxyl groups excluding tert-OH is 5. The van der Waals surface area contributed by atoms with Crippen LogP contribution in [0.5, 0.6) is 11.5 Å². The zero-order valence-electron chi connectivity index (χ0n) is 21.6. The average Bonchev–Trinajstić information content (AvgIpc) is 2.95. The van der Waals surface area contributed by atoms with Crippen molar-refractivity contribution in [1.82, 2.24) is 0 Å². The van der Waals surface area contributed by atoms with Gasteiger partial charge in [-0.2, -0.15) is 0 Å². The monoisotopic (exact) mass is 540 g/mol. The molecule has 0 spiro atoms. The van der Waals surface area contributed by atoms with E-state index in [1.807, 2.05) is 0 Å². The summed E-state index contributed by atoms with van der Waals surface area (Å²) in [6, 6.07) is 12.4. The van der Waals surface area contributed by atoms with Gasteiger partial charge in [0.25, 0.3) is 0 Å². The molecule has 10 heteroatoms. The minimum absolute atomic E-state index is 0.208. The summed E-state index contributed by atoms with van der Waals surface area (Å²) in [6.45, 7) is 0.488. The van der Waals surface area contributed by atoms with E-state index < -0.39 is 55.0 Å². The number of carbonyl (C=O) groups excluding carboxylic acids is 3. The van der Waals surface area contributed by atoms with Crippen LogP contribution in [0.3, 0.4) is 0 Å². The Balaban J connectivity index is 1.94. The molecule has 0 unspecified atom stereocenters. The van der Waals surface area contributed by atoms with E-state index in [0.717, 1.165) is 6.08 Å². The Morgan fingerprint density at radius 3 is 1.38 bits per heavy atom. The smallest absolute Gasteiger partial charge is 0.321 e. The molecular weight excluding hydrogens is 508 g/mol. The first-order chi connectivity index (χ1) is 18.5. The van der Waals surface area contributed by atoms with Crippen molar-refractivity contribution in [2.24, 2.45) is 10.8 Å². The Bertz CT molecular complexity index is 1220. The van der Waals surface area contributed by atoms with Gasteiger partial charge in [0.15, 0.2) is 5.78 Å². The van der Waals surface area contributed by atoms with Crippen LogP contribution in [0, 0.1) is 10.8 Å². The SMILES string of the molecule is CC(CO)(CO)C(=O)Oc1ccc(/C=C/C(=O)/C=C(O)/C=C/c2ccc(OC(=O)C(C)(CO)CO)cc2)cc1. The summed E-state index contributed by atoms with van der Waals surface area (Å²) in [5.74, 6) is -1.90. The van der Waals surface area contributed by atoms with Gasteiger partial charge in [0, 0.05) is 6.08 Å². The molecule has 5 N–H and O–H groups in total. The second-order valence-electron chi connectivity index (χ2n) is 9.31. The topological polar surface area (TPSA) is 171 Å². The number of hydrogen-bond acceptors (Lipinski definition) is 10. The molecule has 0 fully saturated rings. The van der Waals surface area contributed by atoms with Crippen LogP contribution in [0.1, 0.15) is 25.0 Å². The second kappa shape index (κ2) is 14.2. The van der Waals surface area contributed by atoms with E-state index in [2.05, 4.69) is 0 Å². The summed E-state index contributed by atoms with van der Waals surface area (Å²) in [5, 5.41) is 47.1. The summed E-state index contributed by atoms with van der Waals surface area (Å²) in [4.78, 5) is 36.3. The first-order valence-corrected chi connectivity index (χ1v) is 11.9. The van der Waals surface area contributed by atoms with E-state index in [1.165, 1.54) is 56.3 Å². The van der Waals surface area contributed by atoms with Crippen LogP contribution in [-0.4, -0.2) is 69.7 Å². The fourth-order valence-electron chi connectivity index (χ4n) is 2.71. The van der Waals surface area contributed by atoms with Gasteiger partial charge in [0.2, 0.25) is 0 Å². The van der Waals surface area contributed by atoms with E-state index in [-0.39, 0.29) is 17.3 Å². The van der Waals surface area contributed by atoms with Gasteiger partial charge in [-0.05, 0) is 61.4 Å². The maximum Gasteiger partial charge on any atom is 0.321 e. The Morgan fingerprint density at radius 1 is 0.667 bits per heavy atom. The Morgan fingerprint density at radius 2 is 1.03 bits per heavy atom. The molecule has 0 aromatic heterocycles. The molecule has 39 heavy (non-hydrogen) atoms. The summed E-state index contributed by atoms with van der Waals surface area (Å²) in [6.07, 6.45) is 6.63. The standard InChI is InChI=1S/C29H32O10/c1-28(16-30,17-31)26(36)38-24-11-5-20(6-12-24)3-9-22(34)15-23(35)10-4-21-7-13-25(14-8-21)39-27(37)29(2,18-32)19-33/h3-15,30-34H,16-19H2,1-2H3/b9-3+,10-4+,22-15-. The molecule has 0 aliphatic rings. The van der Waals surface area contributed by atoms with Crippen molar-refractivity contribution in [3.63, 3.8) is 0 Å². The van der Waals surface area contributed by atoms with E-state index in [9.17, 15) is 39.9 Å². The van der Waals surface area contributed by atoms with Crippen LogP contribution < -0.4 is 9.47 Å². The lowest BCUT2D eigenvalue weighted by Crippen LogP contribution is -2.38. The molecule has 0 heterocycles. The first-order valence-electron chi connectivity index (χ1n) is 11.9. The quantitative estimate of drug-likeness (QED) is 0.0834. The summed E-state index contributed by atoms with van der Waals surface area (Å²) in [7, 11) is 0. The number of hydrogen-bond donors (Lipinski definition) is 5. The molecular formula is C29H32O10. The van der Waals surface area contributed by atoms with Crippen LogP contribution in [0.2, 0.25) is 0 Å². The lowest BCUT2D eigenvalue weighted by molar-refractivity contribution is -0.150. The van der Waals surface area contributed by atoms with Gasteiger partial charge in [-0.1, -0.05) is 36.4 Å². The molecule has 2 aromatic rings. The Hall–Kier alpha value is -4.09. The molecule has 208 valence electrons. The predicted octanol–water partition coefficient (Wildman–Crippen LogP) is 2.22. The van der Waals surface area contributed by atoms with Gasteiger partial charge in [0.05, 0.1) is 26.4 Å². The summed E-state index contributed by atoms with van der Waals surface area (Å²) < 4.78 is 10.3. The molecule has 0 saturated heterocycles. The molecule has 0 aliphatic heterocycles. The second-order valence-corrected chi connectivity index (χ2v) is 9.31. The van der Waals surface area contributed by atoms with Crippen LogP contribution >= 0.6 is 0 Å². The third-order valence-electron chi connectivity index (χ3n) is 5.74. The molecule has 0 aliphatic carbocycles. The maximum absolute atomic E-state index is 12.1. The molecule has 0 radical (unpaired) electrons. The highest BCUT2D eigenvalue weighted by Gasteiger charge is 2.35. The zero-order valence-corrected chi connectivity index (χ0v) is 21.6. The number of ether oxygens (including phenoxy) is 2. The average molecular weight is 541 g/mol. The van der Waals surface area contributed by atoms with Crippen molar-refractivity contribution in [3.05, 3.63) is 83.6 Å². The molecule has 10 nitrogen and oxygen atoms in total. The Labute approximate surface area is 225 Å². The highest BCUT2D eigenvalue weighted by molar-refractivity contribution is 6.02. The number of esters is 2. The van der Waals surface area contributed by atoms with E-state index in [1.54, 1.807) is 30.3 Å². The fraction of sp³-hybridized carbons (Fsp3) is 0.276. The van der Waals surface area contributed by atoms with Crippen LogP contribution in [-0.2, 0) is 14.4 Å². The van der Waals surface area contributed by atoms with Gasteiger partial charge >= 0.3 is 11.9 Å². The largest absolute Gasteiger partial charge is 0.508 e. The van der Waals surface area contributed by atoms with Gasteiger partial charge in [-0.25, -0.2) is 0 Å². The predicted molar refractivity (Wildman–Crippen MR) is 142 cm³/mol. The number of allylic oxidation sites excluding steroid dienone is 3. The van der Waals surface area contributed by atoms with Gasteiger partial charge in [-0.3, -0.25) is 14.4 Å². The van der Waals surface area contributed by atoms with E-state index in [0.29, 0.717) is 11.1 Å². The highest BCUT2D eigenvalue weighted by atomic mass is 16.5. The minimum Gasteiger partial charge on any atom is -0.508 e. The molecule has 0 bridgehead atoms. The van der Waals surface area contributed by atoms with Crippen molar-refractivity contribution >= 4 is 29.9 Å². The van der Waals surface area contributed by atoms with Crippen LogP contribution in [0.4, 0.5) is 0 Å². The third kappa shape index (κ3) is 9.01. The number of aliphatic hydroxyl groups is 5. The van der Waals surface area contributed by atoms with Gasteiger partial charge in [-0.15, -0.1) is 0 Å². The number of rotatable bonds is 13. The number of carbonyl (C=O) groups is 3. The van der Waals surface area contributed by atoms with E-state index in [4.69, 9.17) is 9.47 Å². The number of benzene rings is 2. The lowest BCUT2D eigenvalue weighted by Gasteiger charge is -2.21. The molecule has 0 amide bonds. The lowest BCUT2D eigenvalue weighted by atomic mass is 9.93. The van der Waals surface area contributed by atoms with Crippen molar-refractivity contribution in [2.45, 2.75) is 13.8 Å². The number of ketones is 1. The van der Waals surface area contributed by atoms with Crippen LogP contribution in [0.15, 0.2) is 72.5 Å². The van der Waals surface area contributed by atoms with Crippen molar-refractivity contribution in [3.8, 4) is 11.5 Å². The molecule has 0 saturated carbocycles. The van der Waals surface area contributed by atoms with Crippen LogP contribution in [0.25, 0.3) is 12.2 Å². The minimum atomic E-state index is -1.42. The summed E-state index contributed by atoms with van der Waals surface area (Å²) >= 11 is 0. The molecule has 2 rings (SSSR count). The highest BCUT2D eigenvalue weighted by Crippen LogP contribution is 2.22. The zero-order chi connectivity index (χ0) is 29.1. The van der Waals surface area contributed by atoms with Gasteiger partial charge < -0.3 is 35.0 Å². The van der Waals surface area contributed by atoms with E-state index >= 15 is 0 Å². The summed E-state index contributed by atoms with van der Waals surface area (Å²) in [5.41, 5.74) is -1.57. The van der Waals surface area contributed by atoms with Crippen molar-refractivity contribution in [2.75, 3.05) is 26.4 Å². The first kappa shape index (κ1) is 31.1. The van der Waals surface area contributed by atoms with Crippen molar-refractivity contribution in [1.29, 1.82) is 0 Å². The molecule has 2 aromatic carbocycles. The third-order valence-corrected chi connectivity index (χ3v) is 5.74. The molecule has 0 atom stereocenters. The maximum atomic E-state index is 12.1. The van der Waals surface area contributed by atoms with Gasteiger partial charge in [0.1, 0.15) is 28.1 Å². The Kier molecular flexibility index (Phi) is 11.3. The fourth-order valence-corrected chi connectivity index (χ4v) is 2.71.